The molecule has 0 N–H and O–H groups in total. The first kappa shape index (κ1) is 32.2. The van der Waals surface area contributed by atoms with Crippen LogP contribution in [0.25, 0.3) is 115 Å². The highest BCUT2D eigenvalue weighted by atomic mass is 15.0. The number of benzene rings is 10. The summed E-state index contributed by atoms with van der Waals surface area (Å²) in [6, 6.07) is 78.1. The highest BCUT2D eigenvalue weighted by Crippen LogP contribution is 2.43. The molecule has 0 amide bonds. The van der Waals surface area contributed by atoms with Gasteiger partial charge in [-0.3, -0.25) is 0 Å². The van der Waals surface area contributed by atoms with Gasteiger partial charge in [-0.2, -0.15) is 0 Å². The Kier molecular flexibility index (Phi) is 6.72. The van der Waals surface area contributed by atoms with Crippen molar-refractivity contribution in [3.8, 4) is 28.2 Å². The molecule has 274 valence electrons. The highest BCUT2D eigenvalue weighted by molar-refractivity contribution is 6.20. The molecule has 0 unspecified atom stereocenters. The minimum absolute atomic E-state index is 1.16. The van der Waals surface area contributed by atoms with Gasteiger partial charge in [0.25, 0.3) is 0 Å². The lowest BCUT2D eigenvalue weighted by molar-refractivity contribution is 1.18. The summed E-state index contributed by atoms with van der Waals surface area (Å²) in [6.45, 7) is 0. The average molecular weight is 750 g/mol. The van der Waals surface area contributed by atoms with E-state index in [0.29, 0.717) is 0 Å². The summed E-state index contributed by atoms with van der Waals surface area (Å²) >= 11 is 0. The van der Waals surface area contributed by atoms with Gasteiger partial charge in [0.15, 0.2) is 0 Å². The van der Waals surface area contributed by atoms with Crippen LogP contribution in [0.4, 0.5) is 0 Å². The van der Waals surface area contributed by atoms with Crippen molar-refractivity contribution in [1.82, 2.24) is 13.7 Å². The topological polar surface area (TPSA) is 14.8 Å². The lowest BCUT2D eigenvalue weighted by atomic mass is 10.00. The van der Waals surface area contributed by atoms with Crippen LogP contribution in [-0.4, -0.2) is 13.7 Å². The van der Waals surface area contributed by atoms with E-state index in [0.717, 1.165) is 5.69 Å². The highest BCUT2D eigenvalue weighted by Gasteiger charge is 2.21. The van der Waals surface area contributed by atoms with Gasteiger partial charge in [0.05, 0.1) is 38.8 Å². The molecule has 59 heavy (non-hydrogen) atoms. The van der Waals surface area contributed by atoms with Gasteiger partial charge in [0.1, 0.15) is 0 Å². The summed E-state index contributed by atoms with van der Waals surface area (Å²) in [6.07, 6.45) is 0. The molecule has 0 aliphatic rings. The normalized spacial score (nSPS) is 12.1. The maximum Gasteiger partial charge on any atom is 0.0549 e. The van der Waals surface area contributed by atoms with Crippen molar-refractivity contribution < 1.29 is 0 Å². The van der Waals surface area contributed by atoms with Crippen LogP contribution in [0.3, 0.4) is 0 Å². The third kappa shape index (κ3) is 4.70. The zero-order valence-corrected chi connectivity index (χ0v) is 32.0. The van der Waals surface area contributed by atoms with Gasteiger partial charge in [0.2, 0.25) is 0 Å². The van der Waals surface area contributed by atoms with E-state index in [1.54, 1.807) is 0 Å². The number of para-hydroxylation sites is 3. The van der Waals surface area contributed by atoms with E-state index < -0.39 is 0 Å². The second kappa shape index (κ2) is 12.3. The molecule has 0 fully saturated rings. The molecule has 3 nitrogen and oxygen atoms in total. The van der Waals surface area contributed by atoms with E-state index in [2.05, 4.69) is 226 Å². The molecule has 0 aliphatic heterocycles. The van der Waals surface area contributed by atoms with Crippen molar-refractivity contribution in [2.24, 2.45) is 0 Å². The van der Waals surface area contributed by atoms with E-state index in [1.165, 1.54) is 109 Å². The first-order valence-corrected chi connectivity index (χ1v) is 20.3. The standard InChI is InChI=1S/C56H35N3/c1-2-17-41(18-3-1)57-51-22-10-9-21-45(51)48-34-56-49(35-55(48)57)47-33-40(27-30-54(47)59(56)50-24-12-16-37-14-6-7-19-43(37)50)39-26-29-53-46(32-39)44-20-8-11-23-52(44)58(53)42-28-25-36-13-4-5-15-38(36)31-42/h1-35H. The van der Waals surface area contributed by atoms with E-state index in [4.69, 9.17) is 0 Å². The van der Waals surface area contributed by atoms with E-state index in [1.807, 2.05) is 0 Å². The van der Waals surface area contributed by atoms with E-state index >= 15 is 0 Å². The van der Waals surface area contributed by atoms with Crippen LogP contribution < -0.4 is 0 Å². The summed E-state index contributed by atoms with van der Waals surface area (Å²) in [5.41, 5.74) is 13.1. The molecule has 0 aliphatic carbocycles. The quantitative estimate of drug-likeness (QED) is 0.170. The predicted molar refractivity (Wildman–Crippen MR) is 250 cm³/mol. The molecule has 0 radical (unpaired) electrons. The number of hydrogen-bond donors (Lipinski definition) is 0. The van der Waals surface area contributed by atoms with Gasteiger partial charge < -0.3 is 13.7 Å². The van der Waals surface area contributed by atoms with Crippen molar-refractivity contribution in [2.45, 2.75) is 0 Å². The molecule has 10 aromatic carbocycles. The summed E-state index contributed by atoms with van der Waals surface area (Å²) in [4.78, 5) is 0. The van der Waals surface area contributed by atoms with Crippen LogP contribution in [0.2, 0.25) is 0 Å². The maximum absolute atomic E-state index is 2.49. The van der Waals surface area contributed by atoms with Gasteiger partial charge in [0, 0.05) is 49.1 Å². The Balaban J connectivity index is 1.08. The Hall–Kier alpha value is -7.88. The minimum atomic E-state index is 1.16. The predicted octanol–water partition coefficient (Wildman–Crippen LogP) is 15.0. The summed E-state index contributed by atoms with van der Waals surface area (Å²) < 4.78 is 7.33. The van der Waals surface area contributed by atoms with Gasteiger partial charge in [-0.15, -0.1) is 0 Å². The minimum Gasteiger partial charge on any atom is -0.309 e. The average Bonchev–Trinajstić information content (AvgIpc) is 3.92. The smallest absolute Gasteiger partial charge is 0.0549 e. The molecule has 0 saturated heterocycles. The van der Waals surface area contributed by atoms with Gasteiger partial charge in [-0.1, -0.05) is 133 Å². The third-order valence-electron chi connectivity index (χ3n) is 12.6. The number of fused-ring (bicyclic) bond motifs is 11. The lowest BCUT2D eigenvalue weighted by Gasteiger charge is -2.12. The Morgan fingerprint density at radius 3 is 1.44 bits per heavy atom. The van der Waals surface area contributed by atoms with Crippen LogP contribution in [0.1, 0.15) is 0 Å². The summed E-state index contributed by atoms with van der Waals surface area (Å²) in [5.74, 6) is 0. The van der Waals surface area contributed by atoms with Crippen molar-refractivity contribution >= 4 is 87.0 Å². The molecule has 3 heterocycles. The number of nitrogens with zero attached hydrogens (tertiary/aromatic N) is 3. The van der Waals surface area contributed by atoms with E-state index in [9.17, 15) is 0 Å². The van der Waals surface area contributed by atoms with Crippen molar-refractivity contribution in [1.29, 1.82) is 0 Å². The Labute approximate surface area is 339 Å². The summed E-state index contributed by atoms with van der Waals surface area (Å²) in [5, 5.41) is 12.4. The second-order valence-corrected chi connectivity index (χ2v) is 15.8. The van der Waals surface area contributed by atoms with Crippen LogP contribution >= 0.6 is 0 Å². The first-order valence-electron chi connectivity index (χ1n) is 20.3. The molecule has 13 aromatic rings. The van der Waals surface area contributed by atoms with Gasteiger partial charge >= 0.3 is 0 Å². The van der Waals surface area contributed by atoms with Crippen LogP contribution in [0.5, 0.6) is 0 Å². The Morgan fingerprint density at radius 1 is 0.220 bits per heavy atom. The van der Waals surface area contributed by atoms with Gasteiger partial charge in [-0.05, 0) is 106 Å². The number of hydrogen-bond acceptors (Lipinski definition) is 0. The molecular formula is C56H35N3. The van der Waals surface area contributed by atoms with Crippen molar-refractivity contribution in [2.75, 3.05) is 0 Å². The van der Waals surface area contributed by atoms with E-state index in [-0.39, 0.29) is 0 Å². The SMILES string of the molecule is c1ccc(-n2c3ccccc3c3cc4c(cc32)c2cc(-c3ccc5c(c3)c3ccccc3n5-c3ccc5ccccc5c3)ccc2n4-c2cccc3ccccc23)cc1. The van der Waals surface area contributed by atoms with Gasteiger partial charge in [-0.25, -0.2) is 0 Å². The lowest BCUT2D eigenvalue weighted by Crippen LogP contribution is -1.95. The second-order valence-electron chi connectivity index (χ2n) is 15.8. The molecule has 0 bridgehead atoms. The molecule has 0 atom stereocenters. The van der Waals surface area contributed by atoms with Crippen LogP contribution in [0, 0.1) is 0 Å². The fourth-order valence-electron chi connectivity index (χ4n) is 9.93. The largest absolute Gasteiger partial charge is 0.309 e. The molecular weight excluding hydrogens is 715 g/mol. The summed E-state index contributed by atoms with van der Waals surface area (Å²) in [7, 11) is 0. The Morgan fingerprint density at radius 2 is 0.712 bits per heavy atom. The molecule has 0 spiro atoms. The first-order chi connectivity index (χ1) is 29.3. The number of rotatable bonds is 4. The van der Waals surface area contributed by atoms with Crippen molar-refractivity contribution in [3.63, 3.8) is 0 Å². The van der Waals surface area contributed by atoms with Crippen molar-refractivity contribution in [3.05, 3.63) is 212 Å². The fourth-order valence-corrected chi connectivity index (χ4v) is 9.93. The fraction of sp³-hybridized carbons (Fsp3) is 0. The monoisotopic (exact) mass is 749 g/mol. The molecule has 3 heteroatoms. The molecule has 0 saturated carbocycles. The van der Waals surface area contributed by atoms with Crippen LogP contribution in [0.15, 0.2) is 212 Å². The third-order valence-corrected chi connectivity index (χ3v) is 12.6. The zero-order chi connectivity index (χ0) is 38.6. The Bertz CT molecular complexity index is 3840. The number of aromatic nitrogens is 3. The molecule has 3 aromatic heterocycles. The molecule has 13 rings (SSSR count). The maximum atomic E-state index is 2.49. The zero-order valence-electron chi connectivity index (χ0n) is 32.0. The van der Waals surface area contributed by atoms with Crippen LogP contribution in [-0.2, 0) is 0 Å².